The number of anilines is 1. The number of carboxylic acids is 2. The van der Waals surface area contributed by atoms with Gasteiger partial charge in [-0.25, -0.2) is 9.59 Å². The Hall–Kier alpha value is -2.05. The molecule has 1 aliphatic rings. The van der Waals surface area contributed by atoms with E-state index in [2.05, 4.69) is 42.8 Å². The highest BCUT2D eigenvalue weighted by molar-refractivity contribution is 6.30. The van der Waals surface area contributed by atoms with Crippen molar-refractivity contribution in [2.24, 2.45) is 0 Å². The highest BCUT2D eigenvalue weighted by atomic mass is 35.5. The van der Waals surface area contributed by atoms with Gasteiger partial charge in [0.25, 0.3) is 0 Å². The molecular formula is C17H23ClN2O4. The Labute approximate surface area is 146 Å². The first-order chi connectivity index (χ1) is 11.2. The van der Waals surface area contributed by atoms with E-state index in [0.717, 1.165) is 18.1 Å². The first-order valence-electron chi connectivity index (χ1n) is 7.57. The molecule has 1 aromatic carbocycles. The van der Waals surface area contributed by atoms with Crippen molar-refractivity contribution in [3.8, 4) is 0 Å². The molecule has 0 aromatic heterocycles. The summed E-state index contributed by atoms with van der Waals surface area (Å²) in [5.74, 6) is -2.51. The van der Waals surface area contributed by atoms with Crippen molar-refractivity contribution in [3.05, 3.63) is 41.4 Å². The topological polar surface area (TPSA) is 81.1 Å². The maximum atomic E-state index is 9.55. The minimum atomic E-state index is -1.26. The Morgan fingerprint density at radius 3 is 2.00 bits per heavy atom. The first kappa shape index (κ1) is 20.0. The molecule has 2 N–H and O–H groups in total. The van der Waals surface area contributed by atoms with Gasteiger partial charge in [-0.15, -0.1) is 0 Å². The van der Waals surface area contributed by atoms with Crippen molar-refractivity contribution < 1.29 is 19.8 Å². The minimum absolute atomic E-state index is 0.558. The summed E-state index contributed by atoms with van der Waals surface area (Å²) in [6.45, 7) is 6.74. The molecule has 6 nitrogen and oxygen atoms in total. The van der Waals surface area contributed by atoms with E-state index in [0.29, 0.717) is 24.2 Å². The molecule has 0 aliphatic carbocycles. The summed E-state index contributed by atoms with van der Waals surface area (Å²) in [6, 6.07) is 9.31. The van der Waals surface area contributed by atoms with Gasteiger partial charge in [0.15, 0.2) is 0 Å². The second-order valence-electron chi connectivity index (χ2n) is 5.78. The molecule has 7 heteroatoms. The molecular weight excluding hydrogens is 332 g/mol. The maximum absolute atomic E-state index is 9.55. The number of likely N-dealkylation sites (N-methyl/N-ethyl adjacent to an activating group) is 1. The van der Waals surface area contributed by atoms with Gasteiger partial charge in [0.05, 0.1) is 0 Å². The third kappa shape index (κ3) is 6.60. The molecule has 1 aromatic rings. The molecule has 0 saturated carbocycles. The average Bonchev–Trinajstić information content (AvgIpc) is 2.50. The lowest BCUT2D eigenvalue weighted by atomic mass is 10.1. The number of nitrogens with zero attached hydrogens (tertiary/aromatic N) is 2. The van der Waals surface area contributed by atoms with E-state index in [1.54, 1.807) is 0 Å². The number of piperazine rings is 1. The number of carboxylic acid groups (broad SMARTS) is 2. The normalized spacial score (nSPS) is 21.2. The van der Waals surface area contributed by atoms with Crippen molar-refractivity contribution in [3.63, 3.8) is 0 Å². The molecule has 0 spiro atoms. The van der Waals surface area contributed by atoms with Crippen molar-refractivity contribution in [2.45, 2.75) is 25.9 Å². The minimum Gasteiger partial charge on any atom is -0.478 e. The highest BCUT2D eigenvalue weighted by Gasteiger charge is 2.26. The molecule has 132 valence electrons. The van der Waals surface area contributed by atoms with Crippen LogP contribution < -0.4 is 4.90 Å². The number of halogens is 1. The lowest BCUT2D eigenvalue weighted by molar-refractivity contribution is -0.134. The van der Waals surface area contributed by atoms with E-state index in [1.165, 1.54) is 5.69 Å². The van der Waals surface area contributed by atoms with Gasteiger partial charge in [0.2, 0.25) is 0 Å². The van der Waals surface area contributed by atoms with Gasteiger partial charge >= 0.3 is 11.9 Å². The lowest BCUT2D eigenvalue weighted by Gasteiger charge is -2.43. The van der Waals surface area contributed by atoms with Gasteiger partial charge in [-0.3, -0.25) is 4.90 Å². The van der Waals surface area contributed by atoms with E-state index >= 15 is 0 Å². The molecule has 1 heterocycles. The SMILES string of the molecule is C[C@@H]1CN(c2ccc(Cl)cc2)[C@@H](C)CN1C.O=C(O)/C=C/C(=O)O. The van der Waals surface area contributed by atoms with Crippen LogP contribution in [-0.2, 0) is 9.59 Å². The van der Waals surface area contributed by atoms with Gasteiger partial charge in [0.1, 0.15) is 0 Å². The first-order valence-corrected chi connectivity index (χ1v) is 7.95. The molecule has 0 bridgehead atoms. The summed E-state index contributed by atoms with van der Waals surface area (Å²) in [5, 5.41) is 16.4. The Balaban J connectivity index is 0.000000307. The van der Waals surface area contributed by atoms with Crippen LogP contribution >= 0.6 is 11.6 Å². The van der Waals surface area contributed by atoms with Crippen LogP contribution in [0, 0.1) is 0 Å². The molecule has 0 unspecified atom stereocenters. The zero-order valence-corrected chi connectivity index (χ0v) is 14.8. The average molecular weight is 355 g/mol. The molecule has 0 radical (unpaired) electrons. The quantitative estimate of drug-likeness (QED) is 0.812. The molecule has 24 heavy (non-hydrogen) atoms. The van der Waals surface area contributed by atoms with E-state index in [1.807, 2.05) is 12.1 Å². The predicted octanol–water partition coefficient (Wildman–Crippen LogP) is 2.58. The molecule has 1 saturated heterocycles. The second kappa shape index (κ2) is 9.30. The summed E-state index contributed by atoms with van der Waals surface area (Å²) in [5.41, 5.74) is 1.27. The molecule has 2 rings (SSSR count). The zero-order chi connectivity index (χ0) is 18.3. The van der Waals surface area contributed by atoms with Gasteiger partial charge < -0.3 is 15.1 Å². The third-order valence-corrected chi connectivity index (χ3v) is 4.08. The van der Waals surface area contributed by atoms with Gasteiger partial charge in [-0.1, -0.05) is 11.6 Å². The Bertz CT molecular complexity index is 573. The number of benzene rings is 1. The monoisotopic (exact) mass is 354 g/mol. The summed E-state index contributed by atoms with van der Waals surface area (Å²) in [7, 11) is 2.19. The Morgan fingerprint density at radius 2 is 1.54 bits per heavy atom. The summed E-state index contributed by atoms with van der Waals surface area (Å²) in [4.78, 5) is 24.0. The summed E-state index contributed by atoms with van der Waals surface area (Å²) >= 11 is 5.91. The van der Waals surface area contributed by atoms with Crippen LogP contribution in [-0.4, -0.2) is 59.3 Å². The zero-order valence-electron chi connectivity index (χ0n) is 14.0. The highest BCUT2D eigenvalue weighted by Crippen LogP contribution is 2.24. The third-order valence-electron chi connectivity index (χ3n) is 3.82. The van der Waals surface area contributed by atoms with E-state index in [-0.39, 0.29) is 0 Å². The lowest BCUT2D eigenvalue weighted by Crippen LogP contribution is -2.55. The predicted molar refractivity (Wildman–Crippen MR) is 94.8 cm³/mol. The summed E-state index contributed by atoms with van der Waals surface area (Å²) in [6.07, 6.45) is 1.12. The van der Waals surface area contributed by atoms with Crippen molar-refractivity contribution in [1.82, 2.24) is 4.90 Å². The van der Waals surface area contributed by atoms with Crippen LogP contribution in [0.15, 0.2) is 36.4 Å². The molecule has 0 amide bonds. The van der Waals surface area contributed by atoms with E-state index in [9.17, 15) is 9.59 Å². The number of aliphatic carboxylic acids is 2. The fourth-order valence-corrected chi connectivity index (χ4v) is 2.56. The van der Waals surface area contributed by atoms with Crippen LogP contribution in [0.2, 0.25) is 5.02 Å². The van der Waals surface area contributed by atoms with E-state index < -0.39 is 11.9 Å². The summed E-state index contributed by atoms with van der Waals surface area (Å²) < 4.78 is 0. The van der Waals surface area contributed by atoms with Crippen LogP contribution in [0.5, 0.6) is 0 Å². The van der Waals surface area contributed by atoms with Crippen molar-refractivity contribution in [2.75, 3.05) is 25.0 Å². The fraction of sp³-hybridized carbons (Fsp3) is 0.412. The van der Waals surface area contributed by atoms with Crippen molar-refractivity contribution >= 4 is 29.2 Å². The van der Waals surface area contributed by atoms with Crippen LogP contribution in [0.25, 0.3) is 0 Å². The molecule has 1 fully saturated rings. The molecule has 2 atom stereocenters. The van der Waals surface area contributed by atoms with Gasteiger partial charge in [0, 0.05) is 48.0 Å². The van der Waals surface area contributed by atoms with Crippen LogP contribution in [0.1, 0.15) is 13.8 Å². The number of hydrogen-bond acceptors (Lipinski definition) is 4. The Morgan fingerprint density at radius 1 is 1.04 bits per heavy atom. The largest absolute Gasteiger partial charge is 0.478 e. The maximum Gasteiger partial charge on any atom is 0.328 e. The Kier molecular flexibility index (Phi) is 7.74. The van der Waals surface area contributed by atoms with Crippen LogP contribution in [0.4, 0.5) is 5.69 Å². The number of rotatable bonds is 3. The van der Waals surface area contributed by atoms with Gasteiger partial charge in [-0.05, 0) is 45.2 Å². The van der Waals surface area contributed by atoms with Gasteiger partial charge in [-0.2, -0.15) is 0 Å². The smallest absolute Gasteiger partial charge is 0.328 e. The fourth-order valence-electron chi connectivity index (χ4n) is 2.43. The number of hydrogen-bond donors (Lipinski definition) is 2. The van der Waals surface area contributed by atoms with Crippen LogP contribution in [0.3, 0.4) is 0 Å². The molecule has 1 aliphatic heterocycles. The van der Waals surface area contributed by atoms with E-state index in [4.69, 9.17) is 21.8 Å². The standard InChI is InChI=1S/C13H19ClN2.C4H4O4/c1-10-9-16(11(2)8-15(10)3)13-6-4-12(14)5-7-13;5-3(6)1-2-4(7)8/h4-7,10-11H,8-9H2,1-3H3;1-2H,(H,5,6)(H,7,8)/b;2-1+/t10-,11+;/m1./s1. The second-order valence-corrected chi connectivity index (χ2v) is 6.21. The number of carbonyl (C=O) groups is 2. The van der Waals surface area contributed by atoms with Crippen molar-refractivity contribution in [1.29, 1.82) is 0 Å².